The fraction of sp³-hybridized carbons (Fsp3) is 0.462. The molecule has 1 aliphatic heterocycles. The number of benzene rings is 1. The number of likely N-dealkylation sites (N-methyl/N-ethyl adjacent to an activating group) is 1. The van der Waals surface area contributed by atoms with E-state index in [1.807, 2.05) is 14.0 Å². The Morgan fingerprint density at radius 2 is 2.28 bits per heavy atom. The number of nitrogens with one attached hydrogen (secondary N) is 1. The second-order valence-electron chi connectivity index (χ2n) is 4.59. The minimum Gasteiger partial charge on any atom is -0.324 e. The van der Waals surface area contributed by atoms with E-state index in [9.17, 15) is 4.79 Å². The molecule has 5 heteroatoms. The first kappa shape index (κ1) is 13.4. The molecule has 0 spiro atoms. The predicted octanol–water partition coefficient (Wildman–Crippen LogP) is 1.51. The molecule has 0 saturated carbocycles. The first-order chi connectivity index (χ1) is 8.60. The van der Waals surface area contributed by atoms with Crippen molar-refractivity contribution in [3.63, 3.8) is 0 Å². The Kier molecular flexibility index (Phi) is 4.27. The monoisotopic (exact) mass is 265 g/mol. The molecule has 0 aromatic heterocycles. The Morgan fingerprint density at radius 1 is 1.50 bits per heavy atom. The number of nitrogens with two attached hydrogens (primary N) is 1. The third-order valence-corrected chi connectivity index (χ3v) is 4.25. The maximum absolute atomic E-state index is 11.6. The minimum atomic E-state index is -0.00766. The van der Waals surface area contributed by atoms with Gasteiger partial charge >= 0.3 is 0 Å². The molecule has 0 bridgehead atoms. The van der Waals surface area contributed by atoms with Gasteiger partial charge in [0, 0.05) is 18.1 Å². The normalized spacial score (nSPS) is 18.7. The van der Waals surface area contributed by atoms with Crippen molar-refractivity contribution in [3.8, 4) is 0 Å². The number of hydrogen-bond donors (Lipinski definition) is 2. The van der Waals surface area contributed by atoms with Gasteiger partial charge in [-0.1, -0.05) is 6.07 Å². The second kappa shape index (κ2) is 5.73. The minimum absolute atomic E-state index is 0.00766. The molecule has 0 saturated heterocycles. The van der Waals surface area contributed by atoms with Gasteiger partial charge in [-0.25, -0.2) is 0 Å². The van der Waals surface area contributed by atoms with Crippen LogP contribution in [0.15, 0.2) is 23.1 Å². The molecule has 3 N–H and O–H groups in total. The number of carbonyl (C=O) groups excluding carboxylic acids is 1. The number of nitrogens with zero attached hydrogens (tertiary/aromatic N) is 1. The molecular formula is C13H19N3OS. The van der Waals surface area contributed by atoms with Crippen molar-refractivity contribution in [2.75, 3.05) is 25.6 Å². The van der Waals surface area contributed by atoms with Crippen LogP contribution in [0, 0.1) is 0 Å². The smallest absolute Gasteiger partial charge is 0.237 e. The van der Waals surface area contributed by atoms with Gasteiger partial charge in [0.2, 0.25) is 5.91 Å². The lowest BCUT2D eigenvalue weighted by Gasteiger charge is -2.22. The van der Waals surface area contributed by atoms with E-state index in [-0.39, 0.29) is 11.2 Å². The molecule has 0 aliphatic carbocycles. The third-order valence-electron chi connectivity index (χ3n) is 3.07. The molecule has 98 valence electrons. The fourth-order valence-corrected chi connectivity index (χ4v) is 2.75. The average Bonchev–Trinajstić information content (AvgIpc) is 2.37. The van der Waals surface area contributed by atoms with E-state index in [1.165, 1.54) is 5.56 Å². The summed E-state index contributed by atoms with van der Waals surface area (Å²) >= 11 is 1.62. The third kappa shape index (κ3) is 3.04. The number of hydrogen-bond acceptors (Lipinski definition) is 4. The van der Waals surface area contributed by atoms with Gasteiger partial charge in [0.05, 0.1) is 10.9 Å². The number of amides is 1. The van der Waals surface area contributed by atoms with E-state index in [0.29, 0.717) is 6.67 Å². The largest absolute Gasteiger partial charge is 0.324 e. The molecule has 1 unspecified atom stereocenters. The van der Waals surface area contributed by atoms with E-state index in [1.54, 1.807) is 11.8 Å². The Hall–Kier alpha value is -1.04. The van der Waals surface area contributed by atoms with Crippen LogP contribution in [0.4, 0.5) is 5.69 Å². The zero-order chi connectivity index (χ0) is 13.1. The maximum atomic E-state index is 11.6. The molecule has 1 aromatic rings. The topological polar surface area (TPSA) is 58.4 Å². The number of rotatable bonds is 4. The van der Waals surface area contributed by atoms with Crippen LogP contribution >= 0.6 is 11.8 Å². The summed E-state index contributed by atoms with van der Waals surface area (Å²) in [6, 6.07) is 6.28. The van der Waals surface area contributed by atoms with Gasteiger partial charge in [-0.05, 0) is 38.1 Å². The Labute approximate surface area is 112 Å². The Bertz CT molecular complexity index is 450. The highest BCUT2D eigenvalue weighted by Gasteiger charge is 2.22. The van der Waals surface area contributed by atoms with Crippen molar-refractivity contribution < 1.29 is 4.79 Å². The number of carbonyl (C=O) groups is 1. The highest BCUT2D eigenvalue weighted by Crippen LogP contribution is 2.35. The van der Waals surface area contributed by atoms with E-state index >= 15 is 0 Å². The van der Waals surface area contributed by atoms with E-state index in [2.05, 4.69) is 28.4 Å². The van der Waals surface area contributed by atoms with Gasteiger partial charge in [-0.2, -0.15) is 0 Å². The predicted molar refractivity (Wildman–Crippen MR) is 75.8 cm³/mol. The summed E-state index contributed by atoms with van der Waals surface area (Å²) in [4.78, 5) is 14.8. The molecular weight excluding hydrogens is 246 g/mol. The van der Waals surface area contributed by atoms with Crippen LogP contribution in [-0.2, 0) is 11.2 Å². The summed E-state index contributed by atoms with van der Waals surface area (Å²) in [6.45, 7) is 3.41. The van der Waals surface area contributed by atoms with Gasteiger partial charge in [0.1, 0.15) is 0 Å². The van der Waals surface area contributed by atoms with Gasteiger partial charge in [0.15, 0.2) is 0 Å². The van der Waals surface area contributed by atoms with Crippen LogP contribution in [0.3, 0.4) is 0 Å². The zero-order valence-electron chi connectivity index (χ0n) is 10.8. The molecule has 1 heterocycles. The summed E-state index contributed by atoms with van der Waals surface area (Å²) in [7, 11) is 2.00. The molecule has 18 heavy (non-hydrogen) atoms. The fourth-order valence-electron chi connectivity index (χ4n) is 1.82. The maximum Gasteiger partial charge on any atom is 0.237 e. The van der Waals surface area contributed by atoms with Gasteiger partial charge in [-0.15, -0.1) is 11.8 Å². The van der Waals surface area contributed by atoms with Crippen molar-refractivity contribution in [1.82, 2.24) is 4.90 Å². The first-order valence-electron chi connectivity index (χ1n) is 6.09. The molecule has 4 nitrogen and oxygen atoms in total. The summed E-state index contributed by atoms with van der Waals surface area (Å²) in [5.41, 5.74) is 7.71. The standard InChI is InChI=1S/C13H19N3OS/c1-9-13(17)15-11-7-10(3-4-12(11)18-9)5-6-16(2)8-14/h3-4,7,9H,5-6,8,14H2,1-2H3,(H,15,17). The van der Waals surface area contributed by atoms with Crippen molar-refractivity contribution in [3.05, 3.63) is 23.8 Å². The first-order valence-corrected chi connectivity index (χ1v) is 6.97. The quantitative estimate of drug-likeness (QED) is 0.810. The molecule has 2 rings (SSSR count). The lowest BCUT2D eigenvalue weighted by molar-refractivity contribution is -0.115. The van der Waals surface area contributed by atoms with Crippen LogP contribution in [-0.4, -0.2) is 36.3 Å². The summed E-state index contributed by atoms with van der Waals surface area (Å²) in [6.07, 6.45) is 0.942. The van der Waals surface area contributed by atoms with E-state index < -0.39 is 0 Å². The highest BCUT2D eigenvalue weighted by molar-refractivity contribution is 8.00. The lowest BCUT2D eigenvalue weighted by atomic mass is 10.1. The van der Waals surface area contributed by atoms with Crippen LogP contribution in [0.2, 0.25) is 0 Å². The number of thioether (sulfide) groups is 1. The molecule has 0 radical (unpaired) electrons. The van der Waals surface area contributed by atoms with E-state index in [0.717, 1.165) is 23.5 Å². The second-order valence-corrected chi connectivity index (χ2v) is 5.97. The molecule has 1 atom stereocenters. The van der Waals surface area contributed by atoms with E-state index in [4.69, 9.17) is 5.73 Å². The van der Waals surface area contributed by atoms with Crippen LogP contribution in [0.25, 0.3) is 0 Å². The summed E-state index contributed by atoms with van der Waals surface area (Å²) in [5.74, 6) is 0.0868. The van der Waals surface area contributed by atoms with Crippen molar-refractivity contribution in [2.45, 2.75) is 23.5 Å². The summed E-state index contributed by atoms with van der Waals surface area (Å²) < 4.78 is 0. The number of anilines is 1. The highest BCUT2D eigenvalue weighted by atomic mass is 32.2. The van der Waals surface area contributed by atoms with Gasteiger partial charge in [-0.3, -0.25) is 9.69 Å². The van der Waals surface area contributed by atoms with Crippen molar-refractivity contribution >= 4 is 23.4 Å². The zero-order valence-corrected chi connectivity index (χ0v) is 11.6. The Morgan fingerprint density at radius 3 is 3.00 bits per heavy atom. The van der Waals surface area contributed by atoms with Gasteiger partial charge in [0.25, 0.3) is 0 Å². The Balaban J connectivity index is 2.08. The van der Waals surface area contributed by atoms with Crippen molar-refractivity contribution in [2.24, 2.45) is 5.73 Å². The molecule has 1 aromatic carbocycles. The van der Waals surface area contributed by atoms with Crippen LogP contribution < -0.4 is 11.1 Å². The molecule has 0 fully saturated rings. The van der Waals surface area contributed by atoms with Crippen LogP contribution in [0.1, 0.15) is 12.5 Å². The lowest BCUT2D eigenvalue weighted by Crippen LogP contribution is -2.28. The SMILES string of the molecule is CC1Sc2ccc(CCN(C)CN)cc2NC1=O. The molecule has 1 aliphatic rings. The van der Waals surface area contributed by atoms with Gasteiger partial charge < -0.3 is 11.1 Å². The average molecular weight is 265 g/mol. The summed E-state index contributed by atoms with van der Waals surface area (Å²) in [5, 5.41) is 2.95. The van der Waals surface area contributed by atoms with Crippen molar-refractivity contribution in [1.29, 1.82) is 0 Å². The molecule has 1 amide bonds. The van der Waals surface area contributed by atoms with Crippen LogP contribution in [0.5, 0.6) is 0 Å². The number of fused-ring (bicyclic) bond motifs is 1.